The van der Waals surface area contributed by atoms with Crippen molar-refractivity contribution in [2.24, 2.45) is 5.92 Å². The molecule has 0 saturated carbocycles. The van der Waals surface area contributed by atoms with Crippen LogP contribution in [0.1, 0.15) is 19.4 Å². The minimum absolute atomic E-state index is 0.0650. The monoisotopic (exact) mass is 245 g/mol. The Labute approximate surface area is 108 Å². The molecule has 1 amide bonds. The van der Waals surface area contributed by atoms with Gasteiger partial charge in [0.2, 0.25) is 0 Å². The van der Waals surface area contributed by atoms with Gasteiger partial charge in [-0.15, -0.1) is 0 Å². The maximum absolute atomic E-state index is 11.9. The second-order valence-corrected chi connectivity index (χ2v) is 4.93. The first-order chi connectivity index (χ1) is 8.63. The second-order valence-electron chi connectivity index (χ2n) is 4.93. The zero-order valence-corrected chi connectivity index (χ0v) is 10.9. The van der Waals surface area contributed by atoms with Gasteiger partial charge in [-0.05, 0) is 17.6 Å². The molecule has 1 aromatic rings. The van der Waals surface area contributed by atoms with Gasteiger partial charge in [0, 0.05) is 6.54 Å². The predicted molar refractivity (Wildman–Crippen MR) is 71.1 cm³/mol. The van der Waals surface area contributed by atoms with Gasteiger partial charge in [-0.1, -0.05) is 50.8 Å². The van der Waals surface area contributed by atoms with E-state index in [4.69, 9.17) is 4.74 Å². The van der Waals surface area contributed by atoms with Crippen LogP contribution in [0.25, 0.3) is 0 Å². The Morgan fingerprint density at radius 3 is 2.61 bits per heavy atom. The fourth-order valence-electron chi connectivity index (χ4n) is 2.43. The van der Waals surface area contributed by atoms with E-state index in [1.807, 2.05) is 30.3 Å². The van der Waals surface area contributed by atoms with Gasteiger partial charge >= 0.3 is 6.09 Å². The van der Waals surface area contributed by atoms with Crippen molar-refractivity contribution in [1.82, 2.24) is 4.90 Å². The van der Waals surface area contributed by atoms with Gasteiger partial charge in [-0.25, -0.2) is 4.79 Å². The van der Waals surface area contributed by atoms with E-state index < -0.39 is 0 Å². The summed E-state index contributed by atoms with van der Waals surface area (Å²) in [4.78, 5) is 13.7. The van der Waals surface area contributed by atoms with Crippen LogP contribution >= 0.6 is 0 Å². The lowest BCUT2D eigenvalue weighted by atomic mass is 9.97. The van der Waals surface area contributed by atoms with Crippen LogP contribution in [0.3, 0.4) is 0 Å². The molecule has 0 aromatic heterocycles. The summed E-state index contributed by atoms with van der Waals surface area (Å²) < 4.78 is 5.34. The third-order valence-corrected chi connectivity index (χ3v) is 3.28. The summed E-state index contributed by atoms with van der Waals surface area (Å²) in [5.41, 5.74) is 1.12. The number of ether oxygens (including phenoxy) is 1. The van der Waals surface area contributed by atoms with Crippen LogP contribution in [0.15, 0.2) is 43.0 Å². The summed E-state index contributed by atoms with van der Waals surface area (Å²) in [6.07, 6.45) is 1.26. The molecule has 1 aromatic carbocycles. The average Bonchev–Trinajstić information content (AvgIpc) is 2.67. The molecule has 3 nitrogen and oxygen atoms in total. The van der Waals surface area contributed by atoms with Gasteiger partial charge in [0.05, 0.1) is 6.04 Å². The van der Waals surface area contributed by atoms with Crippen LogP contribution in [0, 0.1) is 5.92 Å². The molecule has 0 unspecified atom stereocenters. The van der Waals surface area contributed by atoms with E-state index in [2.05, 4.69) is 20.4 Å². The lowest BCUT2D eigenvalue weighted by molar-refractivity contribution is 0.144. The highest BCUT2D eigenvalue weighted by Crippen LogP contribution is 2.27. The fourth-order valence-corrected chi connectivity index (χ4v) is 2.43. The van der Waals surface area contributed by atoms with Crippen LogP contribution < -0.4 is 0 Å². The average molecular weight is 245 g/mol. The summed E-state index contributed by atoms with van der Waals surface area (Å²) in [5.74, 6) is 0.336. The number of benzene rings is 1. The highest BCUT2D eigenvalue weighted by Gasteiger charge is 2.41. The van der Waals surface area contributed by atoms with E-state index in [0.717, 1.165) is 5.56 Å². The third-order valence-electron chi connectivity index (χ3n) is 3.28. The van der Waals surface area contributed by atoms with Crippen molar-refractivity contribution in [3.05, 3.63) is 48.6 Å². The van der Waals surface area contributed by atoms with E-state index in [1.54, 1.807) is 11.0 Å². The largest absolute Gasteiger partial charge is 0.440 e. The van der Waals surface area contributed by atoms with Crippen molar-refractivity contribution in [2.75, 3.05) is 0 Å². The minimum Gasteiger partial charge on any atom is -0.440 e. The third kappa shape index (κ3) is 2.40. The Balaban J connectivity index is 2.19. The molecule has 1 fully saturated rings. The molecule has 2 rings (SSSR count). The first-order valence-electron chi connectivity index (χ1n) is 6.27. The smallest absolute Gasteiger partial charge is 0.411 e. The molecular formula is C15H19NO2. The number of carbonyl (C=O) groups excluding carboxylic acids is 1. The molecule has 0 N–H and O–H groups in total. The van der Waals surface area contributed by atoms with Gasteiger partial charge in [0.1, 0.15) is 6.10 Å². The summed E-state index contributed by atoms with van der Waals surface area (Å²) in [6.45, 7) is 8.53. The number of carbonyl (C=O) groups is 1. The van der Waals surface area contributed by atoms with Crippen LogP contribution in [-0.4, -0.2) is 23.1 Å². The Morgan fingerprint density at radius 1 is 1.39 bits per heavy atom. The molecule has 96 valence electrons. The first kappa shape index (κ1) is 12.7. The van der Waals surface area contributed by atoms with E-state index in [0.29, 0.717) is 12.5 Å². The summed E-state index contributed by atoms with van der Waals surface area (Å²) in [6, 6.07) is 10.0. The van der Waals surface area contributed by atoms with Crippen molar-refractivity contribution in [1.29, 1.82) is 0 Å². The molecule has 1 heterocycles. The van der Waals surface area contributed by atoms with Gasteiger partial charge in [0.25, 0.3) is 0 Å². The van der Waals surface area contributed by atoms with Crippen molar-refractivity contribution in [3.63, 3.8) is 0 Å². The van der Waals surface area contributed by atoms with Crippen molar-refractivity contribution in [3.8, 4) is 0 Å². The highest BCUT2D eigenvalue weighted by molar-refractivity contribution is 5.71. The lowest BCUT2D eigenvalue weighted by Gasteiger charge is -2.26. The van der Waals surface area contributed by atoms with E-state index >= 15 is 0 Å². The lowest BCUT2D eigenvalue weighted by Crippen LogP contribution is -2.39. The van der Waals surface area contributed by atoms with Crippen LogP contribution in [0.2, 0.25) is 0 Å². The Morgan fingerprint density at radius 2 is 2.06 bits per heavy atom. The van der Waals surface area contributed by atoms with Crippen LogP contribution in [0.5, 0.6) is 0 Å². The summed E-state index contributed by atoms with van der Waals surface area (Å²) in [7, 11) is 0. The molecule has 0 spiro atoms. The van der Waals surface area contributed by atoms with Crippen molar-refractivity contribution < 1.29 is 9.53 Å². The molecule has 3 heteroatoms. The fraction of sp³-hybridized carbons (Fsp3) is 0.400. The molecule has 0 aliphatic carbocycles. The molecule has 2 atom stereocenters. The molecular weight excluding hydrogens is 226 g/mol. The Bertz CT molecular complexity index is 427. The zero-order valence-electron chi connectivity index (χ0n) is 10.9. The predicted octanol–water partition coefficient (Wildman–Crippen LogP) is 3.22. The summed E-state index contributed by atoms with van der Waals surface area (Å²) in [5, 5.41) is 0. The zero-order chi connectivity index (χ0) is 13.1. The standard InChI is InChI=1S/C15H19NO2/c1-4-13-14(11(2)3)16(15(17)18-13)10-12-8-6-5-7-9-12/h4-9,11,13-14H,1,10H2,2-3H3/t13-,14-/m0/s1. The summed E-state index contributed by atoms with van der Waals surface area (Å²) >= 11 is 0. The number of cyclic esters (lactones) is 1. The van der Waals surface area contributed by atoms with Crippen molar-refractivity contribution in [2.45, 2.75) is 32.5 Å². The number of nitrogens with zero attached hydrogens (tertiary/aromatic N) is 1. The first-order valence-corrected chi connectivity index (χ1v) is 6.27. The van der Waals surface area contributed by atoms with Gasteiger partial charge in [0.15, 0.2) is 0 Å². The molecule has 1 aliphatic rings. The topological polar surface area (TPSA) is 29.5 Å². The molecule has 1 aliphatic heterocycles. The van der Waals surface area contributed by atoms with Gasteiger partial charge < -0.3 is 4.74 Å². The quantitative estimate of drug-likeness (QED) is 0.762. The Hall–Kier alpha value is -1.77. The van der Waals surface area contributed by atoms with E-state index in [-0.39, 0.29) is 18.2 Å². The van der Waals surface area contributed by atoms with Gasteiger partial charge in [-0.2, -0.15) is 0 Å². The number of amides is 1. The normalized spacial score (nSPS) is 23.3. The number of hydrogen-bond acceptors (Lipinski definition) is 2. The van der Waals surface area contributed by atoms with E-state index in [9.17, 15) is 4.79 Å². The minimum atomic E-state index is -0.248. The maximum atomic E-state index is 11.9. The molecule has 0 bridgehead atoms. The van der Waals surface area contributed by atoms with Crippen molar-refractivity contribution >= 4 is 6.09 Å². The van der Waals surface area contributed by atoms with E-state index in [1.165, 1.54) is 0 Å². The molecule has 18 heavy (non-hydrogen) atoms. The maximum Gasteiger partial charge on any atom is 0.411 e. The van der Waals surface area contributed by atoms with Gasteiger partial charge in [-0.3, -0.25) is 4.90 Å². The highest BCUT2D eigenvalue weighted by atomic mass is 16.6. The SMILES string of the molecule is C=C[C@@H]1OC(=O)N(Cc2ccccc2)[C@H]1C(C)C. The number of rotatable bonds is 4. The molecule has 1 saturated heterocycles. The van der Waals surface area contributed by atoms with Crippen LogP contribution in [-0.2, 0) is 11.3 Å². The molecule has 0 radical (unpaired) electrons. The number of hydrogen-bond donors (Lipinski definition) is 0. The van der Waals surface area contributed by atoms with Crippen LogP contribution in [0.4, 0.5) is 4.79 Å². The Kier molecular flexibility index (Phi) is 3.70. The second kappa shape index (κ2) is 5.25.